The summed E-state index contributed by atoms with van der Waals surface area (Å²) in [6, 6.07) is 11.7. The number of imide groups is 1. The molecule has 1 saturated carbocycles. The number of hydrogen-bond acceptors (Lipinski definition) is 5. The van der Waals surface area contributed by atoms with Crippen molar-refractivity contribution in [3.63, 3.8) is 0 Å². The Labute approximate surface area is 156 Å². The van der Waals surface area contributed by atoms with Gasteiger partial charge in [0.1, 0.15) is 12.3 Å². The molecule has 1 aliphatic heterocycles. The Balaban J connectivity index is 1.43. The van der Waals surface area contributed by atoms with Crippen LogP contribution in [0, 0.1) is 18.8 Å². The van der Waals surface area contributed by atoms with Crippen molar-refractivity contribution in [3.05, 3.63) is 47.7 Å². The lowest BCUT2D eigenvalue weighted by Crippen LogP contribution is -2.38. The van der Waals surface area contributed by atoms with E-state index in [4.69, 9.17) is 4.52 Å². The highest BCUT2D eigenvalue weighted by Gasteiger charge is 2.50. The van der Waals surface area contributed by atoms with Crippen LogP contribution in [0.15, 0.2) is 40.9 Å². The zero-order valence-corrected chi connectivity index (χ0v) is 15.1. The van der Waals surface area contributed by atoms with Crippen LogP contribution in [-0.4, -0.2) is 34.3 Å². The first-order chi connectivity index (χ1) is 13.0. The van der Waals surface area contributed by atoms with E-state index >= 15 is 0 Å². The molecule has 3 atom stereocenters. The van der Waals surface area contributed by atoms with E-state index in [9.17, 15) is 14.4 Å². The SMILES string of the molecule is Cc1cc(NC(=O)CN2C(=O)C3CCC(c4ccccc4)CC3C2=O)no1. The lowest BCUT2D eigenvalue weighted by Gasteiger charge is -2.28. The summed E-state index contributed by atoms with van der Waals surface area (Å²) in [4.78, 5) is 38.8. The first kappa shape index (κ1) is 17.5. The van der Waals surface area contributed by atoms with Gasteiger partial charge in [0, 0.05) is 6.07 Å². The van der Waals surface area contributed by atoms with E-state index < -0.39 is 5.91 Å². The summed E-state index contributed by atoms with van der Waals surface area (Å²) in [6.45, 7) is 1.43. The van der Waals surface area contributed by atoms with Crippen LogP contribution in [0.2, 0.25) is 0 Å². The van der Waals surface area contributed by atoms with Crippen molar-refractivity contribution in [1.29, 1.82) is 0 Å². The van der Waals surface area contributed by atoms with Gasteiger partial charge >= 0.3 is 0 Å². The Morgan fingerprint density at radius 2 is 1.93 bits per heavy atom. The smallest absolute Gasteiger partial charge is 0.245 e. The second kappa shape index (κ2) is 6.98. The normalized spacial score (nSPS) is 24.8. The monoisotopic (exact) mass is 367 g/mol. The predicted molar refractivity (Wildman–Crippen MR) is 96.6 cm³/mol. The zero-order chi connectivity index (χ0) is 19.0. The number of fused-ring (bicyclic) bond motifs is 1. The van der Waals surface area contributed by atoms with Crippen molar-refractivity contribution in [2.75, 3.05) is 11.9 Å². The highest BCUT2D eigenvalue weighted by atomic mass is 16.5. The molecule has 2 heterocycles. The van der Waals surface area contributed by atoms with Gasteiger partial charge in [-0.1, -0.05) is 35.5 Å². The average Bonchev–Trinajstić information content (AvgIpc) is 3.18. The molecule has 1 aromatic heterocycles. The van der Waals surface area contributed by atoms with E-state index in [-0.39, 0.29) is 41.9 Å². The van der Waals surface area contributed by atoms with Crippen LogP contribution in [0.4, 0.5) is 5.82 Å². The molecule has 0 bridgehead atoms. The molecule has 7 heteroatoms. The molecule has 1 saturated heterocycles. The molecule has 3 unspecified atom stereocenters. The highest BCUT2D eigenvalue weighted by Crippen LogP contribution is 2.44. The van der Waals surface area contributed by atoms with E-state index in [1.54, 1.807) is 13.0 Å². The first-order valence-electron chi connectivity index (χ1n) is 9.16. The number of nitrogens with zero attached hydrogens (tertiary/aromatic N) is 2. The second-order valence-electron chi connectivity index (χ2n) is 7.27. The number of amides is 3. The van der Waals surface area contributed by atoms with E-state index in [2.05, 4.69) is 22.6 Å². The van der Waals surface area contributed by atoms with Crippen molar-refractivity contribution >= 4 is 23.5 Å². The van der Waals surface area contributed by atoms with Gasteiger partial charge < -0.3 is 9.84 Å². The summed E-state index contributed by atoms with van der Waals surface area (Å²) < 4.78 is 4.90. The van der Waals surface area contributed by atoms with Gasteiger partial charge in [-0.15, -0.1) is 0 Å². The third kappa shape index (κ3) is 3.37. The Hall–Kier alpha value is -2.96. The molecule has 27 heavy (non-hydrogen) atoms. The summed E-state index contributed by atoms with van der Waals surface area (Å²) >= 11 is 0. The number of aryl methyl sites for hydroxylation is 1. The molecule has 140 valence electrons. The minimum atomic E-state index is -0.455. The Bertz CT molecular complexity index is 876. The predicted octanol–water partition coefficient (Wildman–Crippen LogP) is 2.49. The summed E-state index contributed by atoms with van der Waals surface area (Å²) in [5.74, 6) is -0.452. The van der Waals surface area contributed by atoms with Gasteiger partial charge in [-0.05, 0) is 37.7 Å². The summed E-state index contributed by atoms with van der Waals surface area (Å²) in [6.07, 6.45) is 2.21. The zero-order valence-electron chi connectivity index (χ0n) is 15.1. The summed E-state index contributed by atoms with van der Waals surface area (Å²) in [7, 11) is 0. The van der Waals surface area contributed by atoms with Crippen molar-refractivity contribution in [1.82, 2.24) is 10.1 Å². The van der Waals surface area contributed by atoms with Gasteiger partial charge in [-0.25, -0.2) is 0 Å². The molecule has 1 N–H and O–H groups in total. The maximum absolute atomic E-state index is 12.8. The van der Waals surface area contributed by atoms with Gasteiger partial charge in [0.05, 0.1) is 11.8 Å². The van der Waals surface area contributed by atoms with Crippen molar-refractivity contribution < 1.29 is 18.9 Å². The molecule has 1 aromatic carbocycles. The fourth-order valence-electron chi connectivity index (χ4n) is 4.18. The summed E-state index contributed by atoms with van der Waals surface area (Å²) in [5.41, 5.74) is 1.20. The van der Waals surface area contributed by atoms with E-state index in [1.165, 1.54) is 5.56 Å². The van der Waals surface area contributed by atoms with Crippen molar-refractivity contribution in [2.45, 2.75) is 32.1 Å². The number of nitrogens with one attached hydrogen (secondary N) is 1. The van der Waals surface area contributed by atoms with Crippen LogP contribution in [0.25, 0.3) is 0 Å². The van der Waals surface area contributed by atoms with E-state index in [0.29, 0.717) is 18.6 Å². The average molecular weight is 367 g/mol. The van der Waals surface area contributed by atoms with Gasteiger partial charge in [0.25, 0.3) is 0 Å². The lowest BCUT2D eigenvalue weighted by molar-refractivity contribution is -0.142. The first-order valence-corrected chi connectivity index (χ1v) is 9.16. The van der Waals surface area contributed by atoms with Crippen molar-refractivity contribution in [2.24, 2.45) is 11.8 Å². The molecule has 3 amide bonds. The highest BCUT2D eigenvalue weighted by molar-refractivity contribution is 6.08. The Morgan fingerprint density at radius 1 is 1.19 bits per heavy atom. The van der Waals surface area contributed by atoms with E-state index in [0.717, 1.165) is 11.3 Å². The molecular formula is C20H21N3O4. The number of likely N-dealkylation sites (tertiary alicyclic amines) is 1. The van der Waals surface area contributed by atoms with Crippen LogP contribution >= 0.6 is 0 Å². The third-order valence-corrected chi connectivity index (χ3v) is 5.48. The van der Waals surface area contributed by atoms with Gasteiger partial charge in [-0.2, -0.15) is 0 Å². The number of rotatable bonds is 4. The van der Waals surface area contributed by atoms with Crippen molar-refractivity contribution in [3.8, 4) is 0 Å². The third-order valence-electron chi connectivity index (χ3n) is 5.48. The van der Waals surface area contributed by atoms with Crippen LogP contribution in [0.5, 0.6) is 0 Å². The van der Waals surface area contributed by atoms with Gasteiger partial charge in [-0.3, -0.25) is 19.3 Å². The van der Waals surface area contributed by atoms with Crippen LogP contribution in [-0.2, 0) is 14.4 Å². The quantitative estimate of drug-likeness (QED) is 0.838. The number of carbonyl (C=O) groups excluding carboxylic acids is 3. The lowest BCUT2D eigenvalue weighted by atomic mass is 9.73. The number of anilines is 1. The fraction of sp³-hybridized carbons (Fsp3) is 0.400. The topological polar surface area (TPSA) is 92.5 Å². The molecule has 2 aromatic rings. The molecule has 0 radical (unpaired) electrons. The van der Waals surface area contributed by atoms with E-state index in [1.807, 2.05) is 18.2 Å². The molecule has 1 aliphatic carbocycles. The molecular weight excluding hydrogens is 346 g/mol. The molecule has 2 aliphatic rings. The van der Waals surface area contributed by atoms with Gasteiger partial charge in [0.2, 0.25) is 17.7 Å². The largest absolute Gasteiger partial charge is 0.360 e. The minimum Gasteiger partial charge on any atom is -0.360 e. The standard InChI is InChI=1S/C20H21N3O4/c1-12-9-17(22-27-12)21-18(24)11-23-19(25)15-8-7-14(10-16(15)20(23)26)13-5-3-2-4-6-13/h2-6,9,14-16H,7-8,10-11H2,1H3,(H,21,22,24). The number of aromatic nitrogens is 1. The Morgan fingerprint density at radius 3 is 2.63 bits per heavy atom. The minimum absolute atomic E-state index is 0.233. The van der Waals surface area contributed by atoms with Crippen LogP contribution in [0.3, 0.4) is 0 Å². The molecule has 7 nitrogen and oxygen atoms in total. The van der Waals surface area contributed by atoms with Crippen LogP contribution < -0.4 is 5.32 Å². The molecule has 0 spiro atoms. The second-order valence-corrected chi connectivity index (χ2v) is 7.27. The number of hydrogen-bond donors (Lipinski definition) is 1. The maximum atomic E-state index is 12.8. The molecule has 2 fully saturated rings. The van der Waals surface area contributed by atoms with Gasteiger partial charge in [0.15, 0.2) is 5.82 Å². The number of benzene rings is 1. The van der Waals surface area contributed by atoms with Crippen LogP contribution in [0.1, 0.15) is 36.5 Å². The Kier molecular flexibility index (Phi) is 4.51. The molecule has 4 rings (SSSR count). The summed E-state index contributed by atoms with van der Waals surface area (Å²) in [5, 5.41) is 6.25. The maximum Gasteiger partial charge on any atom is 0.245 e. The fourth-order valence-corrected chi connectivity index (χ4v) is 4.18. The number of carbonyl (C=O) groups is 3.